The van der Waals surface area contributed by atoms with E-state index in [2.05, 4.69) is 11.9 Å². The smallest absolute Gasteiger partial charge is 0.168 e. The summed E-state index contributed by atoms with van der Waals surface area (Å²) < 4.78 is 7.01. The first kappa shape index (κ1) is 12.4. The summed E-state index contributed by atoms with van der Waals surface area (Å²) in [6.45, 7) is 2.07. The predicted molar refractivity (Wildman–Crippen MR) is 70.0 cm³/mol. The highest BCUT2D eigenvalue weighted by molar-refractivity contribution is 5.84. The van der Waals surface area contributed by atoms with Gasteiger partial charge in [0.2, 0.25) is 0 Å². The number of nitrogens with zero attached hydrogens (tertiary/aromatic N) is 2. The highest BCUT2D eigenvalue weighted by Gasteiger charge is 2.12. The molecule has 18 heavy (non-hydrogen) atoms. The van der Waals surface area contributed by atoms with Gasteiger partial charge >= 0.3 is 0 Å². The van der Waals surface area contributed by atoms with Crippen molar-refractivity contribution in [1.82, 2.24) is 9.55 Å². The van der Waals surface area contributed by atoms with E-state index in [1.54, 1.807) is 18.0 Å². The summed E-state index contributed by atoms with van der Waals surface area (Å²) >= 11 is 0. The third kappa shape index (κ3) is 2.01. The van der Waals surface area contributed by atoms with Crippen molar-refractivity contribution in [1.29, 1.82) is 0 Å². The summed E-state index contributed by atoms with van der Waals surface area (Å²) in [4.78, 5) is 15.4. The fourth-order valence-corrected chi connectivity index (χ4v) is 2.00. The van der Waals surface area contributed by atoms with Crippen LogP contribution in [0.2, 0.25) is 0 Å². The van der Waals surface area contributed by atoms with Crippen LogP contribution in [0.4, 0.5) is 0 Å². The van der Waals surface area contributed by atoms with E-state index in [4.69, 9.17) is 4.74 Å². The Morgan fingerprint density at radius 3 is 2.83 bits per heavy atom. The maximum atomic E-state index is 11.1. The summed E-state index contributed by atoms with van der Waals surface area (Å²) in [5, 5.41) is 0. The number of ether oxygens (including phenoxy) is 1. The number of benzene rings is 1. The van der Waals surface area contributed by atoms with Crippen molar-refractivity contribution < 1.29 is 9.53 Å². The Morgan fingerprint density at radius 1 is 1.44 bits per heavy atom. The number of aldehydes is 1. The van der Waals surface area contributed by atoms with Crippen LogP contribution < -0.4 is 4.74 Å². The zero-order valence-corrected chi connectivity index (χ0v) is 10.8. The van der Waals surface area contributed by atoms with Crippen LogP contribution in [0.25, 0.3) is 11.3 Å². The molecule has 0 aliphatic heterocycles. The molecule has 1 aromatic carbocycles. The second-order valence-electron chi connectivity index (χ2n) is 4.09. The van der Waals surface area contributed by atoms with Crippen molar-refractivity contribution in [3.63, 3.8) is 0 Å². The van der Waals surface area contributed by atoms with E-state index in [1.165, 1.54) is 0 Å². The number of carbonyl (C=O) groups excluding carboxylic acids is 1. The number of aromatic nitrogens is 2. The van der Waals surface area contributed by atoms with Crippen LogP contribution in [-0.2, 0) is 13.5 Å². The monoisotopic (exact) mass is 244 g/mol. The second kappa shape index (κ2) is 5.04. The van der Waals surface area contributed by atoms with Crippen molar-refractivity contribution >= 4 is 6.29 Å². The summed E-state index contributed by atoms with van der Waals surface area (Å²) in [6.07, 6.45) is 3.35. The van der Waals surface area contributed by atoms with Crippen LogP contribution >= 0.6 is 0 Å². The van der Waals surface area contributed by atoms with Crippen LogP contribution in [0.3, 0.4) is 0 Å². The number of hydrogen-bond donors (Lipinski definition) is 0. The molecule has 0 saturated heterocycles. The topological polar surface area (TPSA) is 44.1 Å². The maximum Gasteiger partial charge on any atom is 0.168 e. The summed E-state index contributed by atoms with van der Waals surface area (Å²) in [5.41, 5.74) is 3.35. The molecule has 0 aliphatic rings. The molecule has 94 valence electrons. The molecule has 4 heteroatoms. The van der Waals surface area contributed by atoms with Crippen molar-refractivity contribution in [2.24, 2.45) is 7.05 Å². The molecule has 0 unspecified atom stereocenters. The fourth-order valence-electron chi connectivity index (χ4n) is 2.00. The third-order valence-corrected chi connectivity index (χ3v) is 3.03. The lowest BCUT2D eigenvalue weighted by Crippen LogP contribution is -1.96. The molecule has 0 radical (unpaired) electrons. The number of aryl methyl sites for hydroxylation is 2. The molecule has 0 saturated carbocycles. The molecule has 0 spiro atoms. The Kier molecular flexibility index (Phi) is 3.46. The molecule has 0 fully saturated rings. The van der Waals surface area contributed by atoms with Gasteiger partial charge in [-0.3, -0.25) is 4.79 Å². The SMILES string of the molecule is CCc1cc(-c2ncn(C)c2C=O)ccc1OC. The first-order chi connectivity index (χ1) is 8.71. The highest BCUT2D eigenvalue weighted by Crippen LogP contribution is 2.27. The second-order valence-corrected chi connectivity index (χ2v) is 4.09. The standard InChI is InChI=1S/C14H16N2O2/c1-4-10-7-11(5-6-13(10)18-3)14-12(8-17)16(2)9-15-14/h5-9H,4H2,1-3H3. The lowest BCUT2D eigenvalue weighted by atomic mass is 10.0. The van der Waals surface area contributed by atoms with E-state index >= 15 is 0 Å². The first-order valence-corrected chi connectivity index (χ1v) is 5.85. The van der Waals surface area contributed by atoms with Crippen molar-refractivity contribution in [3.8, 4) is 17.0 Å². The van der Waals surface area contributed by atoms with Gasteiger partial charge in [-0.25, -0.2) is 4.98 Å². The van der Waals surface area contributed by atoms with Crippen molar-refractivity contribution in [2.45, 2.75) is 13.3 Å². The van der Waals surface area contributed by atoms with E-state index < -0.39 is 0 Å². The summed E-state index contributed by atoms with van der Waals surface area (Å²) in [5.74, 6) is 0.866. The molecule has 0 amide bonds. The molecular formula is C14H16N2O2. The van der Waals surface area contributed by atoms with E-state index in [9.17, 15) is 4.79 Å². The predicted octanol–water partition coefficient (Wildman–Crippen LogP) is 2.47. The van der Waals surface area contributed by atoms with Crippen LogP contribution in [0.5, 0.6) is 5.75 Å². The van der Waals surface area contributed by atoms with Gasteiger partial charge in [-0.15, -0.1) is 0 Å². The molecule has 0 atom stereocenters. The first-order valence-electron chi connectivity index (χ1n) is 5.85. The van der Waals surface area contributed by atoms with Gasteiger partial charge in [-0.05, 0) is 30.2 Å². The minimum atomic E-state index is 0.585. The van der Waals surface area contributed by atoms with Gasteiger partial charge in [-0.1, -0.05) is 6.92 Å². The van der Waals surface area contributed by atoms with E-state index in [-0.39, 0.29) is 0 Å². The van der Waals surface area contributed by atoms with Crippen molar-refractivity contribution in [3.05, 3.63) is 35.8 Å². The summed E-state index contributed by atoms with van der Waals surface area (Å²) in [6, 6.07) is 5.86. The molecule has 0 bridgehead atoms. The van der Waals surface area contributed by atoms with Gasteiger partial charge < -0.3 is 9.30 Å². The molecule has 0 aliphatic carbocycles. The molecule has 0 N–H and O–H groups in total. The largest absolute Gasteiger partial charge is 0.496 e. The minimum absolute atomic E-state index is 0.585. The Morgan fingerprint density at radius 2 is 2.22 bits per heavy atom. The molecular weight excluding hydrogens is 228 g/mol. The molecule has 4 nitrogen and oxygen atoms in total. The highest BCUT2D eigenvalue weighted by atomic mass is 16.5. The maximum absolute atomic E-state index is 11.1. The third-order valence-electron chi connectivity index (χ3n) is 3.03. The number of methoxy groups -OCH3 is 1. The molecule has 1 heterocycles. The normalized spacial score (nSPS) is 10.4. The van der Waals surface area contributed by atoms with Crippen LogP contribution in [0, 0.1) is 0 Å². The molecule has 1 aromatic heterocycles. The van der Waals surface area contributed by atoms with E-state index in [1.807, 2.05) is 25.2 Å². The number of imidazole rings is 1. The van der Waals surface area contributed by atoms with Gasteiger partial charge in [0.15, 0.2) is 6.29 Å². The van der Waals surface area contributed by atoms with E-state index in [0.29, 0.717) is 11.4 Å². The quantitative estimate of drug-likeness (QED) is 0.776. The zero-order chi connectivity index (χ0) is 13.1. The Labute approximate surface area is 106 Å². The van der Waals surface area contributed by atoms with Gasteiger partial charge in [-0.2, -0.15) is 0 Å². The average molecular weight is 244 g/mol. The number of rotatable bonds is 4. The Bertz CT molecular complexity index is 573. The molecule has 2 aromatic rings. The van der Waals surface area contributed by atoms with Crippen LogP contribution in [-0.4, -0.2) is 22.9 Å². The summed E-state index contributed by atoms with van der Waals surface area (Å²) in [7, 11) is 3.47. The van der Waals surface area contributed by atoms with Gasteiger partial charge in [0.25, 0.3) is 0 Å². The number of hydrogen-bond acceptors (Lipinski definition) is 3. The van der Waals surface area contributed by atoms with Gasteiger partial charge in [0, 0.05) is 12.6 Å². The van der Waals surface area contributed by atoms with E-state index in [0.717, 1.165) is 29.6 Å². The van der Waals surface area contributed by atoms with Gasteiger partial charge in [0.1, 0.15) is 11.4 Å². The zero-order valence-electron chi connectivity index (χ0n) is 10.8. The van der Waals surface area contributed by atoms with Gasteiger partial charge in [0.05, 0.1) is 19.1 Å². The lowest BCUT2D eigenvalue weighted by Gasteiger charge is -2.08. The van der Waals surface area contributed by atoms with Crippen molar-refractivity contribution in [2.75, 3.05) is 7.11 Å². The Balaban J connectivity index is 2.54. The minimum Gasteiger partial charge on any atom is -0.496 e. The van der Waals surface area contributed by atoms with Crippen LogP contribution in [0.1, 0.15) is 23.0 Å². The average Bonchev–Trinajstić information content (AvgIpc) is 2.78. The lowest BCUT2D eigenvalue weighted by molar-refractivity contribution is 0.111. The fraction of sp³-hybridized carbons (Fsp3) is 0.286. The molecule has 2 rings (SSSR count). The number of carbonyl (C=O) groups is 1. The van der Waals surface area contributed by atoms with Crippen LogP contribution in [0.15, 0.2) is 24.5 Å². The Hall–Kier alpha value is -2.10.